The van der Waals surface area contributed by atoms with Gasteiger partial charge in [0.2, 0.25) is 0 Å². The zero-order valence-corrected chi connectivity index (χ0v) is 30.0. The molecule has 0 aliphatic heterocycles. The molecule has 256 valence electrons. The van der Waals surface area contributed by atoms with Crippen molar-refractivity contribution < 1.29 is 0 Å². The Morgan fingerprint density at radius 2 is 0.709 bits per heavy atom. The molecule has 1 aromatic heterocycles. The van der Waals surface area contributed by atoms with E-state index >= 15 is 0 Å². The molecular formula is C53H34N2. The summed E-state index contributed by atoms with van der Waals surface area (Å²) in [5.41, 5.74) is 19.9. The maximum Gasteiger partial charge on any atom is 0.160 e. The Kier molecular flexibility index (Phi) is 7.11. The summed E-state index contributed by atoms with van der Waals surface area (Å²) < 4.78 is 0. The molecule has 2 heteroatoms. The second-order valence-electron chi connectivity index (χ2n) is 14.5. The SMILES string of the molecule is c1ccc(-c2ccc(-c3cc(-c4cccc(-c5cccc6c5-c5ccccc5C65c6ccccc6-c6ccccc65)c4)nc(-c4ccccc4)n3)cc2)cc1. The first-order valence-electron chi connectivity index (χ1n) is 18.9. The summed E-state index contributed by atoms with van der Waals surface area (Å²) in [4.78, 5) is 10.3. The van der Waals surface area contributed by atoms with Crippen molar-refractivity contribution >= 4 is 0 Å². The van der Waals surface area contributed by atoms with Crippen LogP contribution >= 0.6 is 0 Å². The lowest BCUT2D eigenvalue weighted by molar-refractivity contribution is 0.794. The van der Waals surface area contributed by atoms with Gasteiger partial charge in [-0.1, -0.05) is 194 Å². The molecule has 0 atom stereocenters. The largest absolute Gasteiger partial charge is 0.228 e. The molecule has 0 bridgehead atoms. The quantitative estimate of drug-likeness (QED) is 0.179. The molecule has 0 fully saturated rings. The Morgan fingerprint density at radius 3 is 1.38 bits per heavy atom. The maximum absolute atomic E-state index is 5.20. The Balaban J connectivity index is 1.07. The third kappa shape index (κ3) is 4.82. The van der Waals surface area contributed by atoms with E-state index in [1.165, 1.54) is 61.2 Å². The topological polar surface area (TPSA) is 25.8 Å². The minimum Gasteiger partial charge on any atom is -0.228 e. The fourth-order valence-electron chi connectivity index (χ4n) is 9.15. The van der Waals surface area contributed by atoms with Gasteiger partial charge in [0, 0.05) is 16.7 Å². The number of aromatic nitrogens is 2. The summed E-state index contributed by atoms with van der Waals surface area (Å²) >= 11 is 0. The highest BCUT2D eigenvalue weighted by molar-refractivity contribution is 6.00. The highest BCUT2D eigenvalue weighted by atomic mass is 14.9. The molecular weight excluding hydrogens is 665 g/mol. The van der Waals surface area contributed by atoms with Crippen LogP contribution in [0.3, 0.4) is 0 Å². The molecule has 1 heterocycles. The van der Waals surface area contributed by atoms with Crippen molar-refractivity contribution in [3.63, 3.8) is 0 Å². The van der Waals surface area contributed by atoms with E-state index in [1.807, 2.05) is 18.2 Å². The van der Waals surface area contributed by atoms with Gasteiger partial charge < -0.3 is 0 Å². The van der Waals surface area contributed by atoms with E-state index < -0.39 is 0 Å². The molecule has 8 aromatic carbocycles. The van der Waals surface area contributed by atoms with Gasteiger partial charge >= 0.3 is 0 Å². The second-order valence-corrected chi connectivity index (χ2v) is 14.5. The van der Waals surface area contributed by atoms with E-state index in [0.29, 0.717) is 5.82 Å². The Bertz CT molecular complexity index is 2860. The number of rotatable bonds is 5. The van der Waals surface area contributed by atoms with Crippen LogP contribution in [0.4, 0.5) is 0 Å². The highest BCUT2D eigenvalue weighted by Crippen LogP contribution is 2.63. The lowest BCUT2D eigenvalue weighted by atomic mass is 9.70. The normalized spacial score (nSPS) is 12.9. The first-order chi connectivity index (χ1) is 27.3. The molecule has 0 amide bonds. The summed E-state index contributed by atoms with van der Waals surface area (Å²) in [6.45, 7) is 0. The zero-order chi connectivity index (χ0) is 36.3. The first-order valence-corrected chi connectivity index (χ1v) is 18.9. The molecule has 1 spiro atoms. The van der Waals surface area contributed by atoms with Crippen molar-refractivity contribution in [3.8, 4) is 78.4 Å². The smallest absolute Gasteiger partial charge is 0.160 e. The van der Waals surface area contributed by atoms with Gasteiger partial charge in [-0.2, -0.15) is 0 Å². The average molecular weight is 699 g/mol. The molecule has 2 aliphatic carbocycles. The van der Waals surface area contributed by atoms with E-state index in [-0.39, 0.29) is 5.41 Å². The van der Waals surface area contributed by atoms with E-state index in [1.54, 1.807) is 0 Å². The number of benzene rings is 8. The molecule has 0 saturated carbocycles. The summed E-state index contributed by atoms with van der Waals surface area (Å²) in [7, 11) is 0. The lowest BCUT2D eigenvalue weighted by Crippen LogP contribution is -2.25. The van der Waals surface area contributed by atoms with E-state index in [2.05, 4.69) is 188 Å². The average Bonchev–Trinajstić information content (AvgIpc) is 3.75. The fraction of sp³-hybridized carbons (Fsp3) is 0.0189. The lowest BCUT2D eigenvalue weighted by Gasteiger charge is -2.30. The van der Waals surface area contributed by atoms with Crippen molar-refractivity contribution in [2.75, 3.05) is 0 Å². The van der Waals surface area contributed by atoms with Gasteiger partial charge in [0.15, 0.2) is 5.82 Å². The van der Waals surface area contributed by atoms with Crippen molar-refractivity contribution in [2.24, 2.45) is 0 Å². The Hall–Kier alpha value is -7.16. The van der Waals surface area contributed by atoms with E-state index in [0.717, 1.165) is 33.6 Å². The molecule has 55 heavy (non-hydrogen) atoms. The van der Waals surface area contributed by atoms with Crippen LogP contribution in [0.5, 0.6) is 0 Å². The van der Waals surface area contributed by atoms with Gasteiger partial charge in [-0.05, 0) is 78.9 Å². The maximum atomic E-state index is 5.20. The molecule has 2 aliphatic rings. The van der Waals surface area contributed by atoms with Gasteiger partial charge in [0.25, 0.3) is 0 Å². The Morgan fingerprint density at radius 1 is 0.273 bits per heavy atom. The molecule has 9 aromatic rings. The molecule has 0 radical (unpaired) electrons. The van der Waals surface area contributed by atoms with Crippen molar-refractivity contribution in [2.45, 2.75) is 5.41 Å². The third-order valence-corrected chi connectivity index (χ3v) is 11.5. The predicted octanol–water partition coefficient (Wildman–Crippen LogP) is 13.2. The number of fused-ring (bicyclic) bond motifs is 10. The van der Waals surface area contributed by atoms with E-state index in [9.17, 15) is 0 Å². The molecule has 0 N–H and O–H groups in total. The van der Waals surface area contributed by atoms with Crippen LogP contribution in [0.15, 0.2) is 206 Å². The molecule has 11 rings (SSSR count). The zero-order valence-electron chi connectivity index (χ0n) is 30.0. The van der Waals surface area contributed by atoms with Crippen molar-refractivity contribution in [1.29, 1.82) is 0 Å². The number of hydrogen-bond donors (Lipinski definition) is 0. The van der Waals surface area contributed by atoms with Gasteiger partial charge in [-0.3, -0.25) is 0 Å². The van der Waals surface area contributed by atoms with Crippen molar-refractivity contribution in [3.05, 3.63) is 229 Å². The third-order valence-electron chi connectivity index (χ3n) is 11.5. The fourth-order valence-corrected chi connectivity index (χ4v) is 9.15. The van der Waals surface area contributed by atoms with Crippen LogP contribution in [0.1, 0.15) is 22.3 Å². The monoisotopic (exact) mass is 698 g/mol. The van der Waals surface area contributed by atoms with Gasteiger partial charge in [-0.25, -0.2) is 9.97 Å². The minimum atomic E-state index is -0.380. The van der Waals surface area contributed by atoms with Crippen LogP contribution in [-0.2, 0) is 5.41 Å². The minimum absolute atomic E-state index is 0.380. The standard InChI is InChI=1S/C53H34N2/c1-3-15-35(16-4-1)36-29-31-37(32-30-36)49-34-50(55-52(54-49)38-17-5-2-6-18-38)40-20-13-19-39(33-40)41-24-14-28-48-51(41)44-23-9-12-27-47(44)53(48)45-25-10-7-21-42(45)43-22-8-11-26-46(43)53/h1-34H. The number of nitrogens with zero attached hydrogens (tertiary/aromatic N) is 2. The van der Waals surface area contributed by atoms with Crippen LogP contribution in [0.2, 0.25) is 0 Å². The predicted molar refractivity (Wildman–Crippen MR) is 226 cm³/mol. The van der Waals surface area contributed by atoms with Gasteiger partial charge in [0.05, 0.1) is 16.8 Å². The summed E-state index contributed by atoms with van der Waals surface area (Å²) in [5, 5.41) is 0. The second kappa shape index (κ2) is 12.5. The van der Waals surface area contributed by atoms with Crippen LogP contribution in [-0.4, -0.2) is 9.97 Å². The number of hydrogen-bond acceptors (Lipinski definition) is 2. The van der Waals surface area contributed by atoms with Crippen molar-refractivity contribution in [1.82, 2.24) is 9.97 Å². The van der Waals surface area contributed by atoms with Crippen LogP contribution < -0.4 is 0 Å². The van der Waals surface area contributed by atoms with Crippen LogP contribution in [0, 0.1) is 0 Å². The van der Waals surface area contributed by atoms with Crippen LogP contribution in [0.25, 0.3) is 78.4 Å². The summed E-state index contributed by atoms with van der Waals surface area (Å²) in [5.74, 6) is 0.709. The van der Waals surface area contributed by atoms with E-state index in [4.69, 9.17) is 9.97 Å². The molecule has 2 nitrogen and oxygen atoms in total. The Labute approximate surface area is 321 Å². The first kappa shape index (κ1) is 31.4. The summed E-state index contributed by atoms with van der Waals surface area (Å²) in [6.07, 6.45) is 0. The van der Waals surface area contributed by atoms with Gasteiger partial charge in [-0.15, -0.1) is 0 Å². The van der Waals surface area contributed by atoms with Gasteiger partial charge in [0.1, 0.15) is 0 Å². The summed E-state index contributed by atoms with van der Waals surface area (Å²) in [6, 6.07) is 74.4. The highest BCUT2D eigenvalue weighted by Gasteiger charge is 2.51. The molecule has 0 saturated heterocycles. The molecule has 0 unspecified atom stereocenters.